The first-order valence-electron chi connectivity index (χ1n) is 6.78. The molecule has 8 heteroatoms. The molecule has 2 heterocycles. The predicted octanol–water partition coefficient (Wildman–Crippen LogP) is 4.56. The standard InChI is InChI=1S/C16H11ClN2O3S2/c1-22-15(21)10-4-2-9(3-5-10)14(20)19-16-18-11(8-23-16)12-6-7-13(17)24-12/h2-8H,1H3,(H,18,19,20). The summed E-state index contributed by atoms with van der Waals surface area (Å²) in [4.78, 5) is 28.9. The third kappa shape index (κ3) is 3.64. The van der Waals surface area contributed by atoms with Gasteiger partial charge in [-0.1, -0.05) is 11.6 Å². The molecule has 24 heavy (non-hydrogen) atoms. The van der Waals surface area contributed by atoms with Crippen LogP contribution in [0.25, 0.3) is 10.6 Å². The Morgan fingerprint density at radius 2 is 1.83 bits per heavy atom. The molecule has 0 aliphatic heterocycles. The van der Waals surface area contributed by atoms with Crippen molar-refractivity contribution in [3.8, 4) is 10.6 Å². The van der Waals surface area contributed by atoms with Crippen molar-refractivity contribution < 1.29 is 14.3 Å². The number of halogens is 1. The number of amides is 1. The van der Waals surface area contributed by atoms with Crippen LogP contribution in [0.15, 0.2) is 41.8 Å². The fourth-order valence-corrected chi connectivity index (χ4v) is 3.73. The van der Waals surface area contributed by atoms with Crippen LogP contribution < -0.4 is 5.32 Å². The van der Waals surface area contributed by atoms with Crippen LogP contribution in [0.5, 0.6) is 0 Å². The third-order valence-corrected chi connectivity index (χ3v) is 5.13. The average molecular weight is 379 g/mol. The number of hydrogen-bond donors (Lipinski definition) is 1. The first-order chi connectivity index (χ1) is 11.6. The highest BCUT2D eigenvalue weighted by molar-refractivity contribution is 7.20. The van der Waals surface area contributed by atoms with Crippen molar-refractivity contribution in [3.63, 3.8) is 0 Å². The van der Waals surface area contributed by atoms with Gasteiger partial charge in [-0.2, -0.15) is 0 Å². The van der Waals surface area contributed by atoms with Crippen molar-refractivity contribution >= 4 is 51.3 Å². The molecular weight excluding hydrogens is 368 g/mol. The number of nitrogens with zero attached hydrogens (tertiary/aromatic N) is 1. The Morgan fingerprint density at radius 3 is 2.46 bits per heavy atom. The van der Waals surface area contributed by atoms with Crippen molar-refractivity contribution in [2.24, 2.45) is 0 Å². The second-order valence-corrected chi connectivity index (χ2v) is 7.24. The van der Waals surface area contributed by atoms with Gasteiger partial charge >= 0.3 is 5.97 Å². The zero-order valence-electron chi connectivity index (χ0n) is 12.4. The van der Waals surface area contributed by atoms with Gasteiger partial charge in [0.1, 0.15) is 0 Å². The molecule has 0 radical (unpaired) electrons. The minimum Gasteiger partial charge on any atom is -0.465 e. The quantitative estimate of drug-likeness (QED) is 0.675. The van der Waals surface area contributed by atoms with E-state index in [-0.39, 0.29) is 5.91 Å². The van der Waals surface area contributed by atoms with E-state index in [9.17, 15) is 9.59 Å². The van der Waals surface area contributed by atoms with Crippen LogP contribution in [0.1, 0.15) is 20.7 Å². The third-order valence-electron chi connectivity index (χ3n) is 3.12. The average Bonchev–Trinajstić information content (AvgIpc) is 3.23. The smallest absolute Gasteiger partial charge is 0.337 e. The number of hydrogen-bond acceptors (Lipinski definition) is 6. The molecule has 0 aliphatic rings. The predicted molar refractivity (Wildman–Crippen MR) is 96.2 cm³/mol. The van der Waals surface area contributed by atoms with Gasteiger partial charge in [0, 0.05) is 10.9 Å². The maximum atomic E-state index is 12.2. The number of anilines is 1. The number of aromatic nitrogens is 1. The molecule has 0 spiro atoms. The summed E-state index contributed by atoms with van der Waals surface area (Å²) in [6.07, 6.45) is 0. The van der Waals surface area contributed by atoms with E-state index in [1.165, 1.54) is 29.8 Å². The molecule has 0 unspecified atom stereocenters. The lowest BCUT2D eigenvalue weighted by Gasteiger charge is -2.03. The molecule has 0 fully saturated rings. The first kappa shape index (κ1) is 16.6. The maximum Gasteiger partial charge on any atom is 0.337 e. The van der Waals surface area contributed by atoms with E-state index in [1.807, 2.05) is 17.5 Å². The van der Waals surface area contributed by atoms with Crippen LogP contribution in [-0.4, -0.2) is 24.0 Å². The minimum absolute atomic E-state index is 0.295. The highest BCUT2D eigenvalue weighted by atomic mass is 35.5. The zero-order chi connectivity index (χ0) is 17.1. The Kier molecular flexibility index (Phi) is 4.94. The number of carbonyl (C=O) groups is 2. The van der Waals surface area contributed by atoms with Crippen LogP contribution >= 0.6 is 34.3 Å². The van der Waals surface area contributed by atoms with Gasteiger partial charge in [-0.3, -0.25) is 10.1 Å². The Morgan fingerprint density at radius 1 is 1.12 bits per heavy atom. The van der Waals surface area contributed by atoms with Crippen LogP contribution in [0, 0.1) is 0 Å². The lowest BCUT2D eigenvalue weighted by Crippen LogP contribution is -2.12. The Hall–Kier alpha value is -2.22. The number of carbonyl (C=O) groups excluding carboxylic acids is 2. The number of ether oxygens (including phenoxy) is 1. The van der Waals surface area contributed by atoms with Gasteiger partial charge in [0.2, 0.25) is 0 Å². The number of benzene rings is 1. The molecule has 0 atom stereocenters. The summed E-state index contributed by atoms with van der Waals surface area (Å²) in [7, 11) is 1.31. The van der Waals surface area contributed by atoms with Crippen molar-refractivity contribution in [3.05, 3.63) is 57.2 Å². The summed E-state index contributed by atoms with van der Waals surface area (Å²) in [6, 6.07) is 9.91. The Balaban J connectivity index is 1.71. The van der Waals surface area contributed by atoms with Gasteiger partial charge in [0.15, 0.2) is 5.13 Å². The van der Waals surface area contributed by atoms with Crippen molar-refractivity contribution in [2.45, 2.75) is 0 Å². The fraction of sp³-hybridized carbons (Fsp3) is 0.0625. The van der Waals surface area contributed by atoms with Crippen LogP contribution in [0.3, 0.4) is 0 Å². The van der Waals surface area contributed by atoms with Gasteiger partial charge in [0.25, 0.3) is 5.91 Å². The lowest BCUT2D eigenvalue weighted by molar-refractivity contribution is 0.0600. The highest BCUT2D eigenvalue weighted by Crippen LogP contribution is 2.32. The summed E-state index contributed by atoms with van der Waals surface area (Å²) in [5.74, 6) is -0.738. The van der Waals surface area contributed by atoms with Gasteiger partial charge in [0.05, 0.1) is 27.6 Å². The number of nitrogens with one attached hydrogen (secondary N) is 1. The molecular formula is C16H11ClN2O3S2. The van der Waals surface area contributed by atoms with E-state index >= 15 is 0 Å². The summed E-state index contributed by atoms with van der Waals surface area (Å²) in [5.41, 5.74) is 1.59. The van der Waals surface area contributed by atoms with Crippen molar-refractivity contribution in [1.82, 2.24) is 4.98 Å². The topological polar surface area (TPSA) is 68.3 Å². The molecule has 0 saturated carbocycles. The van der Waals surface area contributed by atoms with Gasteiger partial charge < -0.3 is 4.74 Å². The molecule has 3 rings (SSSR count). The zero-order valence-corrected chi connectivity index (χ0v) is 14.8. The Labute approximate surface area is 150 Å². The lowest BCUT2D eigenvalue weighted by atomic mass is 10.1. The summed E-state index contributed by atoms with van der Waals surface area (Å²) < 4.78 is 5.31. The highest BCUT2D eigenvalue weighted by Gasteiger charge is 2.12. The molecule has 0 saturated heterocycles. The summed E-state index contributed by atoms with van der Waals surface area (Å²) in [5, 5.41) is 5.10. The molecule has 1 amide bonds. The van der Waals surface area contributed by atoms with E-state index in [0.29, 0.717) is 20.6 Å². The molecule has 2 aromatic heterocycles. The van der Waals surface area contributed by atoms with E-state index in [2.05, 4.69) is 15.0 Å². The number of thiazole rings is 1. The molecule has 1 aromatic carbocycles. The molecule has 5 nitrogen and oxygen atoms in total. The molecule has 3 aromatic rings. The monoisotopic (exact) mass is 378 g/mol. The number of thiophene rings is 1. The summed E-state index contributed by atoms with van der Waals surface area (Å²) in [6.45, 7) is 0. The normalized spacial score (nSPS) is 10.4. The SMILES string of the molecule is COC(=O)c1ccc(C(=O)Nc2nc(-c3ccc(Cl)s3)cs2)cc1. The first-order valence-corrected chi connectivity index (χ1v) is 8.85. The van der Waals surface area contributed by atoms with Crippen molar-refractivity contribution in [1.29, 1.82) is 0 Å². The molecule has 0 bridgehead atoms. The minimum atomic E-state index is -0.443. The second kappa shape index (κ2) is 7.12. The largest absolute Gasteiger partial charge is 0.465 e. The summed E-state index contributed by atoms with van der Waals surface area (Å²) >= 11 is 8.68. The van der Waals surface area contributed by atoms with E-state index in [1.54, 1.807) is 24.3 Å². The van der Waals surface area contributed by atoms with Gasteiger partial charge in [-0.05, 0) is 36.4 Å². The fourth-order valence-electron chi connectivity index (χ4n) is 1.94. The number of esters is 1. The second-order valence-electron chi connectivity index (χ2n) is 4.66. The van der Waals surface area contributed by atoms with E-state index < -0.39 is 5.97 Å². The Bertz CT molecular complexity index is 887. The van der Waals surface area contributed by atoms with Gasteiger partial charge in [-0.25, -0.2) is 9.78 Å². The van der Waals surface area contributed by atoms with Crippen molar-refractivity contribution in [2.75, 3.05) is 12.4 Å². The van der Waals surface area contributed by atoms with E-state index in [4.69, 9.17) is 11.6 Å². The number of methoxy groups -OCH3 is 1. The number of rotatable bonds is 4. The molecule has 122 valence electrons. The molecule has 1 N–H and O–H groups in total. The van der Waals surface area contributed by atoms with Crippen LogP contribution in [-0.2, 0) is 4.74 Å². The van der Waals surface area contributed by atoms with Crippen LogP contribution in [0.2, 0.25) is 4.34 Å². The van der Waals surface area contributed by atoms with Gasteiger partial charge in [-0.15, -0.1) is 22.7 Å². The maximum absolute atomic E-state index is 12.2. The van der Waals surface area contributed by atoms with Crippen LogP contribution in [0.4, 0.5) is 5.13 Å². The van der Waals surface area contributed by atoms with E-state index in [0.717, 1.165) is 10.6 Å². The molecule has 0 aliphatic carbocycles.